The molecule has 4 nitrogen and oxygen atoms in total. The van der Waals surface area contributed by atoms with Gasteiger partial charge in [0.15, 0.2) is 0 Å². The predicted octanol–water partition coefficient (Wildman–Crippen LogP) is 2.36. The normalized spacial score (nSPS) is 10.1. The Morgan fingerprint density at radius 2 is 2.00 bits per heavy atom. The minimum atomic E-state index is -0.369. The Kier molecular flexibility index (Phi) is 3.23. The van der Waals surface area contributed by atoms with Crippen molar-refractivity contribution < 1.29 is 9.18 Å². The van der Waals surface area contributed by atoms with Crippen LogP contribution in [0.1, 0.15) is 16.1 Å². The summed E-state index contributed by atoms with van der Waals surface area (Å²) in [5.41, 5.74) is 7.64. The Balaban J connectivity index is 2.19. The third kappa shape index (κ3) is 2.63. The number of hydrogen-bond donors (Lipinski definition) is 2. The molecule has 0 atom stereocenters. The van der Waals surface area contributed by atoms with Gasteiger partial charge in [-0.15, -0.1) is 0 Å². The number of nitrogens with one attached hydrogen (secondary N) is 1. The number of anilines is 2. The number of aryl methyl sites for hydroxylation is 1. The topological polar surface area (TPSA) is 68.0 Å². The van der Waals surface area contributed by atoms with E-state index in [1.165, 1.54) is 30.5 Å². The van der Waals surface area contributed by atoms with Crippen molar-refractivity contribution >= 4 is 17.3 Å². The minimum Gasteiger partial charge on any atom is -0.398 e. The zero-order valence-electron chi connectivity index (χ0n) is 9.77. The Morgan fingerprint density at radius 3 is 2.61 bits per heavy atom. The predicted molar refractivity (Wildman–Crippen MR) is 67.7 cm³/mol. The number of amides is 1. The van der Waals surface area contributed by atoms with Crippen LogP contribution in [-0.4, -0.2) is 10.9 Å². The van der Waals surface area contributed by atoms with Gasteiger partial charge < -0.3 is 11.1 Å². The van der Waals surface area contributed by atoms with Crippen LogP contribution >= 0.6 is 0 Å². The molecule has 0 aliphatic carbocycles. The first-order chi connectivity index (χ1) is 8.56. The lowest BCUT2D eigenvalue weighted by molar-refractivity contribution is 0.102. The summed E-state index contributed by atoms with van der Waals surface area (Å²) in [5, 5.41) is 2.62. The number of hydrogen-bond acceptors (Lipinski definition) is 3. The van der Waals surface area contributed by atoms with Crippen molar-refractivity contribution in [1.29, 1.82) is 0 Å². The van der Waals surface area contributed by atoms with E-state index in [0.717, 1.165) is 5.69 Å². The van der Waals surface area contributed by atoms with Crippen LogP contribution in [0.4, 0.5) is 15.8 Å². The number of nitrogens with two attached hydrogens (primary N) is 1. The number of nitrogen functional groups attached to an aromatic ring is 1. The number of aromatic nitrogens is 1. The van der Waals surface area contributed by atoms with E-state index >= 15 is 0 Å². The van der Waals surface area contributed by atoms with Crippen molar-refractivity contribution in [1.82, 2.24) is 4.98 Å². The molecule has 0 radical (unpaired) electrons. The van der Waals surface area contributed by atoms with E-state index < -0.39 is 0 Å². The summed E-state index contributed by atoms with van der Waals surface area (Å²) in [4.78, 5) is 15.9. The van der Waals surface area contributed by atoms with Crippen molar-refractivity contribution in [3.63, 3.8) is 0 Å². The van der Waals surface area contributed by atoms with Crippen LogP contribution in [0, 0.1) is 12.7 Å². The molecule has 1 aromatic carbocycles. The van der Waals surface area contributed by atoms with Crippen molar-refractivity contribution in [3.8, 4) is 0 Å². The van der Waals surface area contributed by atoms with Gasteiger partial charge in [0.25, 0.3) is 5.91 Å². The van der Waals surface area contributed by atoms with Gasteiger partial charge in [-0.1, -0.05) is 0 Å². The number of benzene rings is 1. The molecule has 2 aromatic rings. The molecule has 92 valence electrons. The Bertz CT molecular complexity index is 581. The number of carbonyl (C=O) groups is 1. The summed E-state index contributed by atoms with van der Waals surface area (Å²) in [6.45, 7) is 1.79. The second kappa shape index (κ2) is 4.83. The van der Waals surface area contributed by atoms with E-state index in [0.29, 0.717) is 16.9 Å². The van der Waals surface area contributed by atoms with Gasteiger partial charge in [0.1, 0.15) is 5.82 Å². The zero-order chi connectivity index (χ0) is 13.1. The number of carbonyl (C=O) groups excluding carboxylic acids is 1. The van der Waals surface area contributed by atoms with Crippen LogP contribution in [0.5, 0.6) is 0 Å². The number of halogens is 1. The van der Waals surface area contributed by atoms with Crippen molar-refractivity contribution in [3.05, 3.63) is 53.6 Å². The monoisotopic (exact) mass is 245 g/mol. The zero-order valence-corrected chi connectivity index (χ0v) is 9.77. The van der Waals surface area contributed by atoms with Gasteiger partial charge in [-0.05, 0) is 37.3 Å². The summed E-state index contributed by atoms with van der Waals surface area (Å²) in [5.74, 6) is -0.726. The molecule has 0 bridgehead atoms. The first-order valence-electron chi connectivity index (χ1n) is 5.35. The summed E-state index contributed by atoms with van der Waals surface area (Å²) < 4.78 is 12.7. The molecule has 0 saturated heterocycles. The molecule has 2 rings (SSSR count). The van der Waals surface area contributed by atoms with Gasteiger partial charge in [0.05, 0.1) is 5.56 Å². The molecule has 0 saturated carbocycles. The number of nitrogens with zero attached hydrogens (tertiary/aromatic N) is 1. The van der Waals surface area contributed by atoms with Gasteiger partial charge in [-0.25, -0.2) is 4.39 Å². The maximum atomic E-state index is 12.7. The Hall–Kier alpha value is -2.43. The quantitative estimate of drug-likeness (QED) is 0.853. The van der Waals surface area contributed by atoms with Crippen LogP contribution in [0.2, 0.25) is 0 Å². The highest BCUT2D eigenvalue weighted by molar-refractivity contribution is 6.07. The van der Waals surface area contributed by atoms with Gasteiger partial charge in [0.2, 0.25) is 0 Å². The van der Waals surface area contributed by atoms with Crippen LogP contribution in [0.25, 0.3) is 0 Å². The molecule has 0 aliphatic rings. The standard InChI is InChI=1S/C13H12FN3O/c1-8-6-12(15)11(7-16-8)13(18)17-10-4-2-9(14)3-5-10/h2-7H,1H3,(H2,15,16)(H,17,18). The lowest BCUT2D eigenvalue weighted by atomic mass is 10.2. The average Bonchev–Trinajstić information content (AvgIpc) is 2.32. The number of pyridine rings is 1. The lowest BCUT2D eigenvalue weighted by Crippen LogP contribution is -2.14. The van der Waals surface area contributed by atoms with E-state index in [-0.39, 0.29) is 11.7 Å². The molecule has 1 amide bonds. The fourth-order valence-electron chi connectivity index (χ4n) is 1.50. The van der Waals surface area contributed by atoms with Gasteiger partial charge in [-0.2, -0.15) is 0 Å². The summed E-state index contributed by atoms with van der Waals surface area (Å²) in [7, 11) is 0. The summed E-state index contributed by atoms with van der Waals surface area (Å²) in [6, 6.07) is 7.12. The van der Waals surface area contributed by atoms with Crippen LogP contribution in [-0.2, 0) is 0 Å². The van der Waals surface area contributed by atoms with Gasteiger partial charge in [-0.3, -0.25) is 9.78 Å². The van der Waals surface area contributed by atoms with E-state index in [2.05, 4.69) is 10.3 Å². The Morgan fingerprint density at radius 1 is 1.33 bits per heavy atom. The van der Waals surface area contributed by atoms with E-state index in [4.69, 9.17) is 5.73 Å². The molecule has 0 aliphatic heterocycles. The van der Waals surface area contributed by atoms with E-state index in [1.54, 1.807) is 13.0 Å². The fraction of sp³-hybridized carbons (Fsp3) is 0.0769. The summed E-state index contributed by atoms with van der Waals surface area (Å²) in [6.07, 6.45) is 1.42. The molecule has 5 heteroatoms. The molecular weight excluding hydrogens is 233 g/mol. The second-order valence-electron chi connectivity index (χ2n) is 3.87. The third-order valence-corrected chi connectivity index (χ3v) is 2.42. The molecule has 3 N–H and O–H groups in total. The molecule has 1 aromatic heterocycles. The molecule has 0 unspecified atom stereocenters. The average molecular weight is 245 g/mol. The fourth-order valence-corrected chi connectivity index (χ4v) is 1.50. The third-order valence-electron chi connectivity index (χ3n) is 2.42. The highest BCUT2D eigenvalue weighted by Gasteiger charge is 2.10. The van der Waals surface area contributed by atoms with Crippen molar-refractivity contribution in [2.45, 2.75) is 6.92 Å². The van der Waals surface area contributed by atoms with E-state index in [9.17, 15) is 9.18 Å². The van der Waals surface area contributed by atoms with Gasteiger partial charge in [0, 0.05) is 23.3 Å². The highest BCUT2D eigenvalue weighted by atomic mass is 19.1. The largest absolute Gasteiger partial charge is 0.398 e. The minimum absolute atomic E-state index is 0.296. The first-order valence-corrected chi connectivity index (χ1v) is 5.35. The molecule has 1 heterocycles. The van der Waals surface area contributed by atoms with Crippen molar-refractivity contribution in [2.24, 2.45) is 0 Å². The van der Waals surface area contributed by atoms with Crippen LogP contribution < -0.4 is 11.1 Å². The maximum absolute atomic E-state index is 12.7. The highest BCUT2D eigenvalue weighted by Crippen LogP contribution is 2.15. The summed E-state index contributed by atoms with van der Waals surface area (Å²) >= 11 is 0. The maximum Gasteiger partial charge on any atom is 0.259 e. The first kappa shape index (κ1) is 12.0. The van der Waals surface area contributed by atoms with Crippen molar-refractivity contribution in [2.75, 3.05) is 11.1 Å². The smallest absolute Gasteiger partial charge is 0.259 e. The van der Waals surface area contributed by atoms with Gasteiger partial charge >= 0.3 is 0 Å². The Labute approximate surface area is 104 Å². The molecule has 0 spiro atoms. The number of rotatable bonds is 2. The lowest BCUT2D eigenvalue weighted by Gasteiger charge is -2.07. The molecule has 0 fully saturated rings. The SMILES string of the molecule is Cc1cc(N)c(C(=O)Nc2ccc(F)cc2)cn1. The van der Waals surface area contributed by atoms with E-state index in [1.807, 2.05) is 0 Å². The molecular formula is C13H12FN3O. The van der Waals surface area contributed by atoms with Crippen LogP contribution in [0.3, 0.4) is 0 Å². The molecule has 18 heavy (non-hydrogen) atoms. The van der Waals surface area contributed by atoms with Crippen LogP contribution in [0.15, 0.2) is 36.5 Å². The second-order valence-corrected chi connectivity index (χ2v) is 3.87.